The molecule has 7 nitrogen and oxygen atoms in total. The molecule has 2 aromatic carbocycles. The Labute approximate surface area is 174 Å². The highest BCUT2D eigenvalue weighted by Crippen LogP contribution is 2.40. The lowest BCUT2D eigenvalue weighted by atomic mass is 10.1. The van der Waals surface area contributed by atoms with E-state index in [1.807, 2.05) is 36.4 Å². The molecule has 3 aromatic rings. The Morgan fingerprint density at radius 2 is 1.78 bits per heavy atom. The van der Waals surface area contributed by atoms with Crippen molar-refractivity contribution in [3.8, 4) is 0 Å². The van der Waals surface area contributed by atoms with E-state index in [0.29, 0.717) is 21.6 Å². The van der Waals surface area contributed by atoms with Crippen molar-refractivity contribution in [2.24, 2.45) is 0 Å². The molecule has 11 heteroatoms. The van der Waals surface area contributed by atoms with Crippen LogP contribution in [-0.4, -0.2) is 25.1 Å². The highest BCUT2D eigenvalue weighted by atomic mass is 35.5. The lowest BCUT2D eigenvalue weighted by molar-refractivity contribution is -0.742. The van der Waals surface area contributed by atoms with E-state index in [9.17, 15) is 0 Å². The maximum absolute atomic E-state index is 8.36. The number of aromatic nitrogens is 3. The van der Waals surface area contributed by atoms with Crippen molar-refractivity contribution in [2.75, 3.05) is 0 Å². The summed E-state index contributed by atoms with van der Waals surface area (Å²) in [6, 6.07) is 13.3. The van der Waals surface area contributed by atoms with Crippen LogP contribution in [0, 0.1) is 10.1 Å². The third-order valence-electron chi connectivity index (χ3n) is 3.22. The van der Waals surface area contributed by atoms with Crippen molar-refractivity contribution in [1.29, 1.82) is 0 Å². The lowest BCUT2D eigenvalue weighted by Crippen LogP contribution is -2.07. The van der Waals surface area contributed by atoms with Crippen LogP contribution in [0.1, 0.15) is 10.8 Å². The Bertz CT molecular complexity index is 875. The minimum absolute atomic E-state index is 0.0719. The Morgan fingerprint density at radius 3 is 2.33 bits per heavy atom. The first kappa shape index (κ1) is 21.3. The van der Waals surface area contributed by atoms with Gasteiger partial charge in [-0.3, -0.25) is 4.68 Å². The fourth-order valence-corrected chi connectivity index (χ4v) is 4.05. The number of halogens is 3. The van der Waals surface area contributed by atoms with Crippen LogP contribution in [-0.2, 0) is 6.54 Å². The van der Waals surface area contributed by atoms with Crippen molar-refractivity contribution in [2.45, 2.75) is 16.7 Å². The molecule has 3 rings (SSSR count). The molecule has 1 N–H and O–H groups in total. The molecule has 0 aliphatic heterocycles. The second-order valence-corrected chi connectivity index (χ2v) is 7.64. The van der Waals surface area contributed by atoms with Gasteiger partial charge in [-0.25, -0.2) is 4.98 Å². The Kier molecular flexibility index (Phi) is 8.18. The summed E-state index contributed by atoms with van der Waals surface area (Å²) in [5.74, 6) is 0. The van der Waals surface area contributed by atoms with Crippen LogP contribution < -0.4 is 0 Å². The molecule has 1 atom stereocenters. The van der Waals surface area contributed by atoms with Crippen LogP contribution >= 0.6 is 46.6 Å². The van der Waals surface area contributed by atoms with Gasteiger partial charge in [-0.2, -0.15) is 5.10 Å². The number of hydrogen-bond donors (Lipinski definition) is 1. The molecular weight excluding hydrogens is 435 g/mol. The van der Waals surface area contributed by atoms with Crippen molar-refractivity contribution in [3.63, 3.8) is 0 Å². The molecule has 0 aliphatic rings. The van der Waals surface area contributed by atoms with E-state index in [-0.39, 0.29) is 5.25 Å². The van der Waals surface area contributed by atoms with Gasteiger partial charge in [0.05, 0.1) is 11.8 Å². The SMILES string of the molecule is Clc1ccc(SC(Cn2cncn2)c2ccc(Cl)cc2Cl)cc1.O=[N+]([O-])O. The molecular formula is C16H13Cl3N4O3S. The first-order valence-corrected chi connectivity index (χ1v) is 9.39. The van der Waals surface area contributed by atoms with Crippen molar-refractivity contribution >= 4 is 46.6 Å². The summed E-state index contributed by atoms with van der Waals surface area (Å²) in [5, 5.41) is 19.9. The summed E-state index contributed by atoms with van der Waals surface area (Å²) in [6.45, 7) is 0.647. The molecule has 0 radical (unpaired) electrons. The van der Waals surface area contributed by atoms with Crippen molar-refractivity contribution < 1.29 is 10.3 Å². The highest BCUT2D eigenvalue weighted by molar-refractivity contribution is 7.99. The molecule has 0 spiro atoms. The van der Waals surface area contributed by atoms with Crippen molar-refractivity contribution in [1.82, 2.24) is 14.8 Å². The quantitative estimate of drug-likeness (QED) is 0.318. The zero-order chi connectivity index (χ0) is 19.8. The van der Waals surface area contributed by atoms with E-state index in [1.165, 1.54) is 6.33 Å². The summed E-state index contributed by atoms with van der Waals surface area (Å²) < 4.78 is 1.79. The van der Waals surface area contributed by atoms with Gasteiger partial charge in [0.2, 0.25) is 0 Å². The molecule has 1 aromatic heterocycles. The van der Waals surface area contributed by atoms with Crippen LogP contribution in [0.2, 0.25) is 15.1 Å². The Balaban J connectivity index is 0.000000596. The summed E-state index contributed by atoms with van der Waals surface area (Å²) >= 11 is 20.0. The minimum atomic E-state index is -1.50. The van der Waals surface area contributed by atoms with E-state index in [1.54, 1.807) is 28.8 Å². The van der Waals surface area contributed by atoms with E-state index in [4.69, 9.17) is 50.1 Å². The van der Waals surface area contributed by atoms with Crippen LogP contribution in [0.15, 0.2) is 60.0 Å². The Morgan fingerprint density at radius 1 is 1.15 bits per heavy atom. The average Bonchev–Trinajstić information content (AvgIpc) is 3.09. The van der Waals surface area contributed by atoms with Gasteiger partial charge >= 0.3 is 0 Å². The molecule has 142 valence electrons. The summed E-state index contributed by atoms with van der Waals surface area (Å²) in [5.41, 5.74) is 1.01. The molecule has 0 aliphatic carbocycles. The number of rotatable bonds is 5. The predicted molar refractivity (Wildman–Crippen MR) is 105 cm³/mol. The van der Waals surface area contributed by atoms with Crippen LogP contribution in [0.25, 0.3) is 0 Å². The van der Waals surface area contributed by atoms with Crippen LogP contribution in [0.4, 0.5) is 0 Å². The minimum Gasteiger partial charge on any atom is -0.328 e. The fourth-order valence-electron chi connectivity index (χ4n) is 2.14. The topological polar surface area (TPSA) is 94.1 Å². The standard InChI is InChI=1S/C16H12Cl3N3S.HNO3/c17-11-1-4-13(5-2-11)23-16(8-22-10-20-9-21-22)14-6-3-12(18)7-15(14)19;2-1(3)4/h1-7,9-10,16H,8H2;(H,2,3,4). The van der Waals surface area contributed by atoms with Gasteiger partial charge in [0.15, 0.2) is 0 Å². The van der Waals surface area contributed by atoms with Gasteiger partial charge in [-0.05, 0) is 42.0 Å². The van der Waals surface area contributed by atoms with Gasteiger partial charge in [0, 0.05) is 20.0 Å². The van der Waals surface area contributed by atoms with Crippen molar-refractivity contribution in [3.05, 3.63) is 85.9 Å². The third-order valence-corrected chi connectivity index (χ3v) is 5.27. The van der Waals surface area contributed by atoms with Crippen LogP contribution in [0.5, 0.6) is 0 Å². The number of thioether (sulfide) groups is 1. The second kappa shape index (κ2) is 10.4. The zero-order valence-electron chi connectivity index (χ0n) is 13.6. The predicted octanol–water partition coefficient (Wildman–Crippen LogP) is 5.42. The van der Waals surface area contributed by atoms with Gasteiger partial charge in [0.1, 0.15) is 12.7 Å². The van der Waals surface area contributed by atoms with Gasteiger partial charge in [0.25, 0.3) is 5.09 Å². The van der Waals surface area contributed by atoms with Gasteiger partial charge in [-0.15, -0.1) is 21.9 Å². The molecule has 0 amide bonds. The zero-order valence-corrected chi connectivity index (χ0v) is 16.7. The normalized spacial score (nSPS) is 11.4. The maximum atomic E-state index is 8.36. The monoisotopic (exact) mass is 446 g/mol. The van der Waals surface area contributed by atoms with E-state index >= 15 is 0 Å². The smallest absolute Gasteiger partial charge is 0.291 e. The first-order valence-electron chi connectivity index (χ1n) is 7.38. The number of hydrogen-bond acceptors (Lipinski definition) is 5. The summed E-state index contributed by atoms with van der Waals surface area (Å²) in [6.07, 6.45) is 3.22. The molecule has 1 heterocycles. The highest BCUT2D eigenvalue weighted by Gasteiger charge is 2.18. The van der Waals surface area contributed by atoms with Gasteiger partial charge < -0.3 is 5.21 Å². The van der Waals surface area contributed by atoms with E-state index in [2.05, 4.69) is 10.1 Å². The second-order valence-electron chi connectivity index (χ2n) is 5.08. The lowest BCUT2D eigenvalue weighted by Gasteiger charge is -2.18. The third kappa shape index (κ3) is 7.26. The molecule has 0 saturated heterocycles. The molecule has 0 fully saturated rings. The van der Waals surface area contributed by atoms with Crippen LogP contribution in [0.3, 0.4) is 0 Å². The number of benzene rings is 2. The Hall–Kier alpha value is -2.00. The molecule has 27 heavy (non-hydrogen) atoms. The summed E-state index contributed by atoms with van der Waals surface area (Å²) in [4.78, 5) is 13.5. The summed E-state index contributed by atoms with van der Waals surface area (Å²) in [7, 11) is 0. The number of nitrogens with zero attached hydrogens (tertiary/aromatic N) is 4. The van der Waals surface area contributed by atoms with E-state index < -0.39 is 5.09 Å². The molecule has 0 bridgehead atoms. The molecule has 1 unspecified atom stereocenters. The maximum Gasteiger partial charge on any atom is 0.291 e. The van der Waals surface area contributed by atoms with Gasteiger partial charge in [-0.1, -0.05) is 40.9 Å². The fraction of sp³-hybridized carbons (Fsp3) is 0.125. The average molecular weight is 448 g/mol. The molecule has 0 saturated carbocycles. The largest absolute Gasteiger partial charge is 0.328 e. The van der Waals surface area contributed by atoms with E-state index in [0.717, 1.165) is 10.5 Å². The first-order chi connectivity index (χ1) is 12.8.